The molecule has 3 aromatic rings. The van der Waals surface area contributed by atoms with Gasteiger partial charge in [-0.3, -0.25) is 0 Å². The third kappa shape index (κ3) is 2.50. The van der Waals surface area contributed by atoms with Crippen molar-refractivity contribution in [1.29, 1.82) is 0 Å². The van der Waals surface area contributed by atoms with Crippen LogP contribution in [-0.2, 0) is 19.4 Å². The fourth-order valence-electron chi connectivity index (χ4n) is 3.13. The van der Waals surface area contributed by atoms with E-state index < -0.39 is 0 Å². The van der Waals surface area contributed by atoms with Crippen molar-refractivity contribution in [3.63, 3.8) is 0 Å². The van der Waals surface area contributed by atoms with Gasteiger partial charge in [0, 0.05) is 12.1 Å². The first-order chi connectivity index (χ1) is 11.2. The zero-order valence-corrected chi connectivity index (χ0v) is 13.3. The van der Waals surface area contributed by atoms with Gasteiger partial charge in [-0.1, -0.05) is 12.1 Å². The fraction of sp³-hybridized carbons (Fsp3) is 0.353. The predicted molar refractivity (Wildman–Crippen MR) is 87.9 cm³/mol. The average molecular weight is 309 g/mol. The van der Waals surface area contributed by atoms with E-state index in [-0.39, 0.29) is 0 Å². The van der Waals surface area contributed by atoms with E-state index in [0.717, 1.165) is 47.9 Å². The minimum absolute atomic E-state index is 0.677. The van der Waals surface area contributed by atoms with Crippen molar-refractivity contribution in [2.75, 3.05) is 12.4 Å². The quantitative estimate of drug-likeness (QED) is 0.802. The summed E-state index contributed by atoms with van der Waals surface area (Å²) >= 11 is 0. The van der Waals surface area contributed by atoms with Crippen LogP contribution in [0.3, 0.4) is 0 Å². The zero-order valence-electron chi connectivity index (χ0n) is 13.3. The lowest BCUT2D eigenvalue weighted by Gasteiger charge is -2.13. The van der Waals surface area contributed by atoms with Crippen LogP contribution in [0.1, 0.15) is 29.1 Å². The van der Waals surface area contributed by atoms with E-state index >= 15 is 0 Å². The van der Waals surface area contributed by atoms with E-state index in [0.29, 0.717) is 12.3 Å². The molecule has 0 spiro atoms. The molecule has 0 radical (unpaired) electrons. The van der Waals surface area contributed by atoms with Gasteiger partial charge >= 0.3 is 0 Å². The summed E-state index contributed by atoms with van der Waals surface area (Å²) in [6.07, 6.45) is 3.20. The lowest BCUT2D eigenvalue weighted by molar-refractivity contribution is 0.414. The summed E-state index contributed by atoms with van der Waals surface area (Å²) in [6.45, 7) is 2.60. The summed E-state index contributed by atoms with van der Waals surface area (Å²) in [5, 5.41) is 8.03. The number of ether oxygens (including phenoxy) is 1. The van der Waals surface area contributed by atoms with Crippen molar-refractivity contribution in [2.45, 2.75) is 32.7 Å². The Morgan fingerprint density at radius 2 is 2.17 bits per heavy atom. The largest absolute Gasteiger partial charge is 0.497 e. The summed E-state index contributed by atoms with van der Waals surface area (Å²) < 4.78 is 7.12. The highest BCUT2D eigenvalue weighted by Crippen LogP contribution is 2.28. The molecule has 1 aliphatic rings. The third-order valence-electron chi connectivity index (χ3n) is 4.21. The van der Waals surface area contributed by atoms with Crippen LogP contribution < -0.4 is 10.1 Å². The highest BCUT2D eigenvalue weighted by atomic mass is 16.5. The molecule has 118 valence electrons. The van der Waals surface area contributed by atoms with Gasteiger partial charge in [0.1, 0.15) is 17.4 Å². The summed E-state index contributed by atoms with van der Waals surface area (Å²) in [4.78, 5) is 9.06. The standard InChI is InChI=1S/C17H19N5O/c1-11-19-17-20-15-8-4-7-14(15)16(22(17)21-11)18-10-12-5-3-6-13(9-12)23-2/h3,5-6,9,18H,4,7-8,10H2,1-2H3. The number of aryl methyl sites for hydroxylation is 2. The topological polar surface area (TPSA) is 64.3 Å². The van der Waals surface area contributed by atoms with E-state index in [1.807, 2.05) is 29.6 Å². The lowest BCUT2D eigenvalue weighted by atomic mass is 10.2. The SMILES string of the molecule is COc1cccc(CNc2c3c(nc4nc(C)nn24)CCC3)c1. The summed E-state index contributed by atoms with van der Waals surface area (Å²) in [6, 6.07) is 8.08. The molecule has 0 saturated heterocycles. The van der Waals surface area contributed by atoms with Crippen LogP contribution in [0.25, 0.3) is 5.78 Å². The average Bonchev–Trinajstić information content (AvgIpc) is 3.16. The van der Waals surface area contributed by atoms with E-state index in [1.165, 1.54) is 5.56 Å². The summed E-state index contributed by atoms with van der Waals surface area (Å²) in [5.41, 5.74) is 3.58. The molecule has 4 rings (SSSR count). The molecule has 1 aliphatic carbocycles. The first-order valence-corrected chi connectivity index (χ1v) is 7.86. The van der Waals surface area contributed by atoms with Crippen molar-refractivity contribution in [3.05, 3.63) is 46.9 Å². The van der Waals surface area contributed by atoms with Crippen LogP contribution in [0.5, 0.6) is 5.75 Å². The van der Waals surface area contributed by atoms with Gasteiger partial charge in [0.05, 0.1) is 12.8 Å². The number of nitrogens with zero attached hydrogens (tertiary/aromatic N) is 4. The number of hydrogen-bond acceptors (Lipinski definition) is 5. The van der Waals surface area contributed by atoms with Gasteiger partial charge in [0.2, 0.25) is 0 Å². The van der Waals surface area contributed by atoms with Crippen molar-refractivity contribution in [1.82, 2.24) is 19.6 Å². The summed E-state index contributed by atoms with van der Waals surface area (Å²) in [7, 11) is 1.68. The van der Waals surface area contributed by atoms with Gasteiger partial charge in [0.25, 0.3) is 5.78 Å². The van der Waals surface area contributed by atoms with Crippen molar-refractivity contribution >= 4 is 11.6 Å². The highest BCUT2D eigenvalue weighted by molar-refractivity contribution is 5.55. The monoisotopic (exact) mass is 309 g/mol. The Kier molecular flexibility index (Phi) is 3.37. The second-order valence-electron chi connectivity index (χ2n) is 5.82. The number of nitrogens with one attached hydrogen (secondary N) is 1. The second-order valence-corrected chi connectivity index (χ2v) is 5.82. The van der Waals surface area contributed by atoms with Crippen LogP contribution in [-0.4, -0.2) is 26.7 Å². The predicted octanol–water partition coefficient (Wildman–Crippen LogP) is 2.54. The third-order valence-corrected chi connectivity index (χ3v) is 4.21. The molecule has 0 aliphatic heterocycles. The molecule has 1 N–H and O–H groups in total. The number of methoxy groups -OCH3 is 1. The fourth-order valence-corrected chi connectivity index (χ4v) is 3.13. The van der Waals surface area contributed by atoms with Gasteiger partial charge in [-0.25, -0.2) is 4.98 Å². The zero-order chi connectivity index (χ0) is 15.8. The molecule has 0 saturated carbocycles. The van der Waals surface area contributed by atoms with Crippen LogP contribution in [0.4, 0.5) is 5.82 Å². The minimum Gasteiger partial charge on any atom is -0.497 e. The molecule has 1 aromatic carbocycles. The molecule has 23 heavy (non-hydrogen) atoms. The smallest absolute Gasteiger partial charge is 0.254 e. The van der Waals surface area contributed by atoms with Crippen LogP contribution in [0, 0.1) is 6.92 Å². The number of benzene rings is 1. The first-order valence-electron chi connectivity index (χ1n) is 7.86. The molecule has 0 atom stereocenters. The van der Waals surface area contributed by atoms with E-state index in [4.69, 9.17) is 4.74 Å². The molecule has 0 fully saturated rings. The maximum atomic E-state index is 5.29. The molecule has 0 unspecified atom stereocenters. The highest BCUT2D eigenvalue weighted by Gasteiger charge is 2.21. The molecule has 0 amide bonds. The minimum atomic E-state index is 0.677. The normalized spacial score (nSPS) is 13.3. The van der Waals surface area contributed by atoms with Gasteiger partial charge in [-0.15, -0.1) is 5.10 Å². The Morgan fingerprint density at radius 3 is 3.04 bits per heavy atom. The summed E-state index contributed by atoms with van der Waals surface area (Å²) in [5.74, 6) is 3.30. The number of aromatic nitrogens is 4. The van der Waals surface area contributed by atoms with Crippen LogP contribution in [0.2, 0.25) is 0 Å². The van der Waals surface area contributed by atoms with Crippen LogP contribution in [0.15, 0.2) is 24.3 Å². The van der Waals surface area contributed by atoms with Crippen molar-refractivity contribution in [3.8, 4) is 5.75 Å². The number of rotatable bonds is 4. The Balaban J connectivity index is 1.70. The number of hydrogen-bond donors (Lipinski definition) is 1. The van der Waals surface area contributed by atoms with Crippen molar-refractivity contribution < 1.29 is 4.74 Å². The van der Waals surface area contributed by atoms with E-state index in [9.17, 15) is 0 Å². The Morgan fingerprint density at radius 1 is 1.26 bits per heavy atom. The molecule has 2 heterocycles. The molecule has 2 aromatic heterocycles. The van der Waals surface area contributed by atoms with Gasteiger partial charge in [-0.05, 0) is 43.9 Å². The first kappa shape index (κ1) is 14.0. The van der Waals surface area contributed by atoms with Gasteiger partial charge in [-0.2, -0.15) is 9.50 Å². The van der Waals surface area contributed by atoms with Gasteiger partial charge < -0.3 is 10.1 Å². The van der Waals surface area contributed by atoms with E-state index in [2.05, 4.69) is 26.4 Å². The number of fused-ring (bicyclic) bond motifs is 2. The molecule has 0 bridgehead atoms. The molecule has 6 nitrogen and oxygen atoms in total. The number of anilines is 1. The second kappa shape index (κ2) is 5.53. The molecule has 6 heteroatoms. The lowest BCUT2D eigenvalue weighted by Crippen LogP contribution is -2.10. The maximum Gasteiger partial charge on any atom is 0.254 e. The Hall–Kier alpha value is -2.63. The maximum absolute atomic E-state index is 5.29. The van der Waals surface area contributed by atoms with Crippen molar-refractivity contribution in [2.24, 2.45) is 0 Å². The molecular formula is C17H19N5O. The molecular weight excluding hydrogens is 290 g/mol. The van der Waals surface area contributed by atoms with Gasteiger partial charge in [0.15, 0.2) is 0 Å². The van der Waals surface area contributed by atoms with Crippen LogP contribution >= 0.6 is 0 Å². The Bertz CT molecular complexity index is 871. The van der Waals surface area contributed by atoms with E-state index in [1.54, 1.807) is 7.11 Å². The Labute approximate surface area is 134 Å².